The molecule has 0 amide bonds. The Balaban J connectivity index is 0.764. The number of thiophene rings is 2. The number of fused-ring (bicyclic) bond motifs is 6. The molecule has 6 aromatic rings. The number of hydrogen-bond acceptors (Lipinski definition) is 22. The van der Waals surface area contributed by atoms with E-state index in [-0.39, 0.29) is 117 Å². The van der Waals surface area contributed by atoms with Crippen molar-refractivity contribution in [2.45, 2.75) is 128 Å². The Labute approximate surface area is 505 Å². The van der Waals surface area contributed by atoms with Crippen LogP contribution in [0.15, 0.2) is 58.6 Å². The van der Waals surface area contributed by atoms with Gasteiger partial charge in [0.2, 0.25) is 11.9 Å². The Kier molecular flexibility index (Phi) is 15.4. The largest absolute Gasteiger partial charge is 0.420 e. The van der Waals surface area contributed by atoms with Gasteiger partial charge in [0.25, 0.3) is 0 Å². The molecule has 6 aliphatic heterocycles. The Bertz CT molecular complexity index is 3840. The van der Waals surface area contributed by atoms with Gasteiger partial charge in [0, 0.05) is 104 Å². The number of piperazine rings is 2. The summed E-state index contributed by atoms with van der Waals surface area (Å²) in [5.41, 5.74) is -1.43. The molecule has 0 spiro atoms. The van der Waals surface area contributed by atoms with Crippen molar-refractivity contribution >= 4 is 77.3 Å². The van der Waals surface area contributed by atoms with Crippen LogP contribution < -0.4 is 20.4 Å². The summed E-state index contributed by atoms with van der Waals surface area (Å²) < 4.78 is 157. The summed E-state index contributed by atoms with van der Waals surface area (Å²) in [6.07, 6.45) is -1.89. The van der Waals surface area contributed by atoms with E-state index in [0.717, 1.165) is 92.3 Å². The van der Waals surface area contributed by atoms with Crippen LogP contribution >= 0.6 is 22.7 Å². The third-order valence-corrected chi connectivity index (χ3v) is 24.8. The molecule has 464 valence electrons. The van der Waals surface area contributed by atoms with E-state index >= 15 is 8.42 Å². The van der Waals surface area contributed by atoms with Crippen LogP contribution in [-0.4, -0.2) is 168 Å². The lowest BCUT2D eigenvalue weighted by molar-refractivity contribution is -0.138. The number of aliphatic hydroxyl groups excluding tert-OH is 2. The van der Waals surface area contributed by atoms with Crippen molar-refractivity contribution in [2.75, 3.05) is 91.9 Å². The highest BCUT2D eigenvalue weighted by molar-refractivity contribution is 7.92. The van der Waals surface area contributed by atoms with Gasteiger partial charge in [-0.05, 0) is 93.7 Å². The molecule has 2 saturated carbocycles. The SMILES string of the molecule is O=S1(=O)CCOCc2sc(-c3nc(Nc4ccc(N5CC6CCC(C5)N6CCCO)nc4C4CC4C4COCc5sc(-c6nc(Nc7ccc(N8CC9CCC(C8)N9CCO)nc7C7CC7)ncc6C(F)(F)F)cc5S4(=O)=O)ncc3C(F)(F)F)cc21. The smallest absolute Gasteiger partial charge is 0.396 e. The molecule has 4 N–H and O–H groups in total. The molecule has 0 radical (unpaired) electrons. The fraction of sp³-hybridized carbons (Fsp3) is 0.544. The number of hydrogen-bond donors (Lipinski definition) is 4. The number of alkyl halides is 6. The van der Waals surface area contributed by atoms with E-state index in [2.05, 4.69) is 50.2 Å². The first-order valence-corrected chi connectivity index (χ1v) is 34.1. The Morgan fingerprint density at radius 2 is 1.15 bits per heavy atom. The van der Waals surface area contributed by atoms with E-state index in [1.165, 1.54) is 12.1 Å². The highest BCUT2D eigenvalue weighted by Gasteiger charge is 2.53. The lowest BCUT2D eigenvalue weighted by Gasteiger charge is -2.41. The fourth-order valence-corrected chi connectivity index (χ4v) is 20.2. The molecular formula is C57H62F6N12O8S4. The molecular weight excluding hydrogens is 1220 g/mol. The number of halogens is 6. The number of sulfone groups is 2. The molecule has 6 fully saturated rings. The third-order valence-electron chi connectivity index (χ3n) is 18.3. The van der Waals surface area contributed by atoms with Crippen molar-refractivity contribution < 1.29 is 62.9 Å². The lowest BCUT2D eigenvalue weighted by Crippen LogP contribution is -2.54. The van der Waals surface area contributed by atoms with Gasteiger partial charge in [-0.2, -0.15) is 26.3 Å². The van der Waals surface area contributed by atoms with Crippen molar-refractivity contribution in [3.8, 4) is 21.1 Å². The maximum Gasteiger partial charge on any atom is 0.420 e. The van der Waals surface area contributed by atoms with E-state index in [4.69, 9.17) is 19.4 Å². The van der Waals surface area contributed by atoms with Gasteiger partial charge in [-0.1, -0.05) is 0 Å². The molecule has 20 nitrogen and oxygen atoms in total. The van der Waals surface area contributed by atoms with Gasteiger partial charge in [0.05, 0.1) is 97.7 Å². The fourth-order valence-electron chi connectivity index (χ4n) is 13.8. The second-order valence-corrected chi connectivity index (χ2v) is 30.3. The van der Waals surface area contributed by atoms with E-state index < -0.39 is 71.6 Å². The van der Waals surface area contributed by atoms with Gasteiger partial charge in [-0.25, -0.2) is 46.7 Å². The van der Waals surface area contributed by atoms with E-state index in [1.54, 1.807) is 12.1 Å². The highest BCUT2D eigenvalue weighted by Crippen LogP contribution is 2.56. The average Bonchev–Trinajstić information content (AvgIpc) is 1.66. The number of nitrogens with zero attached hydrogens (tertiary/aromatic N) is 10. The topological polar surface area (TPSA) is 242 Å². The molecule has 7 unspecified atom stereocenters. The standard InChI is InChI=1S/C57H62F6N12O8S4/c58-56(59,60)37-21-65-55(70-52(37)41-19-45-43(84-41)27-82-16-17-86(45,78)79)67-40-9-11-49(73-23-31-4-5-32(24-73)74(31)12-1-14-76)69-51(40)36-18-35(36)47-29-83-28-44-46(87(47,80)81)20-42(85-44)53-38(57(61,62)63)22-64-54(71-53)66-39-8-10-48(68-50(39)30-2-3-30)72-25-33-6-7-34(26-72)75(33)13-15-77/h8-11,19-22,30-36,47,76-77H,1-7,12-18,23-29H2,(H,64,66,71)(H,65,67,70). The van der Waals surface area contributed by atoms with Crippen molar-refractivity contribution in [2.24, 2.45) is 5.92 Å². The predicted octanol–water partition coefficient (Wildman–Crippen LogP) is 8.38. The first-order valence-electron chi connectivity index (χ1n) is 29.3. The molecule has 0 aromatic carbocycles. The molecule has 14 rings (SSSR count). The summed E-state index contributed by atoms with van der Waals surface area (Å²) in [6, 6.07) is 10.6. The second kappa shape index (κ2) is 22.7. The predicted molar refractivity (Wildman–Crippen MR) is 311 cm³/mol. The number of ether oxygens (including phenoxy) is 2. The highest BCUT2D eigenvalue weighted by atomic mass is 32.2. The minimum atomic E-state index is -4.93. The summed E-state index contributed by atoms with van der Waals surface area (Å²) in [6.45, 7) is 3.66. The van der Waals surface area contributed by atoms with Crippen LogP contribution in [0.25, 0.3) is 21.1 Å². The quantitative estimate of drug-likeness (QED) is 0.0665. The second-order valence-electron chi connectivity index (χ2n) is 23.8. The Hall–Kier alpha value is -5.70. The van der Waals surface area contributed by atoms with Gasteiger partial charge in [-0.3, -0.25) is 9.80 Å². The van der Waals surface area contributed by atoms with Crippen LogP contribution in [0.2, 0.25) is 0 Å². The summed E-state index contributed by atoms with van der Waals surface area (Å²) in [5.74, 6) is -0.429. The molecule has 6 aromatic heterocycles. The first kappa shape index (κ1) is 59.0. The molecule has 12 heterocycles. The van der Waals surface area contributed by atoms with E-state index in [9.17, 15) is 45.0 Å². The Morgan fingerprint density at radius 3 is 1.69 bits per heavy atom. The third kappa shape index (κ3) is 11.3. The number of pyridine rings is 2. The maximum absolute atomic E-state index is 15.2. The Morgan fingerprint density at radius 1 is 0.632 bits per heavy atom. The molecule has 7 atom stereocenters. The van der Waals surface area contributed by atoms with Crippen molar-refractivity contribution in [3.05, 3.63) is 81.1 Å². The van der Waals surface area contributed by atoms with Crippen molar-refractivity contribution in [1.29, 1.82) is 0 Å². The van der Waals surface area contributed by atoms with Crippen molar-refractivity contribution in [3.63, 3.8) is 0 Å². The zero-order valence-electron chi connectivity index (χ0n) is 46.8. The average molecular weight is 1290 g/mol. The molecule has 4 saturated heterocycles. The molecule has 2 aliphatic carbocycles. The zero-order valence-corrected chi connectivity index (χ0v) is 50.1. The number of rotatable bonds is 16. The summed E-state index contributed by atoms with van der Waals surface area (Å²) >= 11 is 1.67. The number of aliphatic hydroxyl groups is 2. The summed E-state index contributed by atoms with van der Waals surface area (Å²) in [7, 11) is -8.23. The van der Waals surface area contributed by atoms with Gasteiger partial charge in [0.15, 0.2) is 19.7 Å². The van der Waals surface area contributed by atoms with Crippen LogP contribution in [0.5, 0.6) is 0 Å². The lowest BCUT2D eigenvalue weighted by atomic mass is 10.1. The molecule has 8 aliphatic rings. The minimum absolute atomic E-state index is 0.0563. The molecule has 4 bridgehead atoms. The van der Waals surface area contributed by atoms with Crippen LogP contribution in [0.4, 0.5) is 61.2 Å². The normalized spacial score (nSPS) is 26.1. The minimum Gasteiger partial charge on any atom is -0.396 e. The van der Waals surface area contributed by atoms with Gasteiger partial charge in [0.1, 0.15) is 22.8 Å². The number of aromatic nitrogens is 6. The van der Waals surface area contributed by atoms with E-state index in [1.807, 2.05) is 12.1 Å². The maximum atomic E-state index is 15.2. The van der Waals surface area contributed by atoms with Crippen LogP contribution in [0.1, 0.15) is 95.5 Å². The monoisotopic (exact) mass is 1280 g/mol. The van der Waals surface area contributed by atoms with Crippen molar-refractivity contribution in [1.82, 2.24) is 39.7 Å². The van der Waals surface area contributed by atoms with Gasteiger partial charge >= 0.3 is 12.4 Å². The van der Waals surface area contributed by atoms with Gasteiger partial charge < -0.3 is 40.1 Å². The van der Waals surface area contributed by atoms with Crippen LogP contribution in [0.3, 0.4) is 0 Å². The first-order chi connectivity index (χ1) is 41.7. The number of anilines is 6. The molecule has 30 heteroatoms. The van der Waals surface area contributed by atoms with E-state index in [0.29, 0.717) is 67.7 Å². The summed E-state index contributed by atoms with van der Waals surface area (Å²) in [4.78, 5) is 36.5. The van der Waals surface area contributed by atoms with Crippen LogP contribution in [-0.2, 0) is 54.7 Å². The number of nitrogens with one attached hydrogen (secondary N) is 2. The van der Waals surface area contributed by atoms with Gasteiger partial charge in [-0.15, -0.1) is 22.7 Å². The van der Waals surface area contributed by atoms with Crippen LogP contribution in [0, 0.1) is 5.92 Å². The zero-order chi connectivity index (χ0) is 60.3. The summed E-state index contributed by atoms with van der Waals surface area (Å²) in [5, 5.41) is 24.3. The molecule has 87 heavy (non-hydrogen) atoms.